The van der Waals surface area contributed by atoms with Crippen molar-refractivity contribution in [2.45, 2.75) is 32.8 Å². The Morgan fingerprint density at radius 2 is 1.88 bits per heavy atom. The summed E-state index contributed by atoms with van der Waals surface area (Å²) in [6.45, 7) is 5.08. The third-order valence-electron chi connectivity index (χ3n) is 4.57. The molecule has 0 radical (unpaired) electrons. The zero-order chi connectivity index (χ0) is 18.5. The fourth-order valence-electron chi connectivity index (χ4n) is 3.07. The van der Waals surface area contributed by atoms with Crippen molar-refractivity contribution in [1.29, 1.82) is 0 Å². The molecular formula is C21H24N2O3. The van der Waals surface area contributed by atoms with E-state index in [1.165, 1.54) is 0 Å². The lowest BCUT2D eigenvalue weighted by Crippen LogP contribution is -2.32. The van der Waals surface area contributed by atoms with Crippen molar-refractivity contribution >= 4 is 17.5 Å². The van der Waals surface area contributed by atoms with Crippen LogP contribution in [0.4, 0.5) is 5.69 Å². The van der Waals surface area contributed by atoms with Crippen molar-refractivity contribution in [2.75, 3.05) is 18.5 Å². The predicted molar refractivity (Wildman–Crippen MR) is 102 cm³/mol. The van der Waals surface area contributed by atoms with Crippen molar-refractivity contribution in [2.24, 2.45) is 0 Å². The summed E-state index contributed by atoms with van der Waals surface area (Å²) in [5.41, 5.74) is 3.48. The van der Waals surface area contributed by atoms with Crippen LogP contribution in [0.3, 0.4) is 0 Å². The second-order valence-electron chi connectivity index (χ2n) is 6.66. The number of ether oxygens (including phenoxy) is 1. The fourth-order valence-corrected chi connectivity index (χ4v) is 3.07. The van der Waals surface area contributed by atoms with E-state index in [2.05, 4.69) is 10.6 Å². The lowest BCUT2D eigenvalue weighted by atomic mass is 10.0. The third kappa shape index (κ3) is 4.29. The maximum absolute atomic E-state index is 12.7. The number of carbonyl (C=O) groups excluding carboxylic acids is 2. The van der Waals surface area contributed by atoms with E-state index in [0.717, 1.165) is 30.6 Å². The van der Waals surface area contributed by atoms with Crippen LogP contribution in [0.2, 0.25) is 0 Å². The Morgan fingerprint density at radius 3 is 2.65 bits per heavy atom. The SMILES string of the molecule is Cc1ccc(C)c(C(=O)Nc2ccccc2C(=O)NC[C@@H]2CCCO2)c1. The zero-order valence-electron chi connectivity index (χ0n) is 15.2. The van der Waals surface area contributed by atoms with Gasteiger partial charge >= 0.3 is 0 Å². The van der Waals surface area contributed by atoms with E-state index in [4.69, 9.17) is 4.74 Å². The number of para-hydroxylation sites is 1. The molecule has 0 spiro atoms. The Kier molecular flexibility index (Phi) is 5.68. The first-order chi connectivity index (χ1) is 12.5. The molecule has 2 N–H and O–H groups in total. The van der Waals surface area contributed by atoms with E-state index in [-0.39, 0.29) is 17.9 Å². The summed E-state index contributed by atoms with van der Waals surface area (Å²) in [5, 5.41) is 5.77. The summed E-state index contributed by atoms with van der Waals surface area (Å²) in [4.78, 5) is 25.2. The number of aryl methyl sites for hydroxylation is 2. The molecular weight excluding hydrogens is 328 g/mol. The molecule has 1 saturated heterocycles. The van der Waals surface area contributed by atoms with Crippen LogP contribution in [0.15, 0.2) is 42.5 Å². The largest absolute Gasteiger partial charge is 0.376 e. The second-order valence-corrected chi connectivity index (χ2v) is 6.66. The number of nitrogens with one attached hydrogen (secondary N) is 2. The van der Waals surface area contributed by atoms with Gasteiger partial charge in [-0.3, -0.25) is 9.59 Å². The van der Waals surface area contributed by atoms with Gasteiger partial charge in [0.15, 0.2) is 0 Å². The summed E-state index contributed by atoms with van der Waals surface area (Å²) < 4.78 is 5.53. The van der Waals surface area contributed by atoms with Gasteiger partial charge in [0, 0.05) is 18.7 Å². The van der Waals surface area contributed by atoms with Gasteiger partial charge in [-0.2, -0.15) is 0 Å². The number of benzene rings is 2. The van der Waals surface area contributed by atoms with Crippen molar-refractivity contribution < 1.29 is 14.3 Å². The van der Waals surface area contributed by atoms with E-state index >= 15 is 0 Å². The Balaban J connectivity index is 1.73. The molecule has 1 aliphatic heterocycles. The number of carbonyl (C=O) groups is 2. The quantitative estimate of drug-likeness (QED) is 0.866. The molecule has 5 heteroatoms. The molecule has 26 heavy (non-hydrogen) atoms. The number of hydrogen-bond donors (Lipinski definition) is 2. The van der Waals surface area contributed by atoms with Crippen molar-refractivity contribution in [3.05, 3.63) is 64.7 Å². The average Bonchev–Trinajstić information content (AvgIpc) is 3.15. The molecule has 0 bridgehead atoms. The molecule has 1 atom stereocenters. The Hall–Kier alpha value is -2.66. The van der Waals surface area contributed by atoms with Gasteiger partial charge in [-0.05, 0) is 50.5 Å². The van der Waals surface area contributed by atoms with Crippen LogP contribution in [0.5, 0.6) is 0 Å². The molecule has 1 aliphatic rings. The average molecular weight is 352 g/mol. The normalized spacial score (nSPS) is 16.3. The maximum atomic E-state index is 12.7. The third-order valence-corrected chi connectivity index (χ3v) is 4.57. The van der Waals surface area contributed by atoms with Crippen LogP contribution in [0, 0.1) is 13.8 Å². The maximum Gasteiger partial charge on any atom is 0.255 e. The monoisotopic (exact) mass is 352 g/mol. The molecule has 0 saturated carbocycles. The second kappa shape index (κ2) is 8.15. The van der Waals surface area contributed by atoms with E-state index in [1.54, 1.807) is 24.3 Å². The highest BCUT2D eigenvalue weighted by atomic mass is 16.5. The van der Waals surface area contributed by atoms with E-state index in [1.807, 2.05) is 32.0 Å². The van der Waals surface area contributed by atoms with Gasteiger partial charge in [0.2, 0.25) is 0 Å². The van der Waals surface area contributed by atoms with Gasteiger partial charge in [-0.25, -0.2) is 0 Å². The molecule has 5 nitrogen and oxygen atoms in total. The highest BCUT2D eigenvalue weighted by Crippen LogP contribution is 2.19. The van der Waals surface area contributed by atoms with Crippen molar-refractivity contribution in [3.63, 3.8) is 0 Å². The topological polar surface area (TPSA) is 67.4 Å². The molecule has 2 aromatic rings. The minimum atomic E-state index is -0.217. The van der Waals surface area contributed by atoms with Gasteiger partial charge in [0.1, 0.15) is 0 Å². The minimum Gasteiger partial charge on any atom is -0.376 e. The van der Waals surface area contributed by atoms with Crippen LogP contribution < -0.4 is 10.6 Å². The van der Waals surface area contributed by atoms with E-state index in [9.17, 15) is 9.59 Å². The first-order valence-corrected chi connectivity index (χ1v) is 8.92. The Morgan fingerprint density at radius 1 is 1.08 bits per heavy atom. The number of amides is 2. The van der Waals surface area contributed by atoms with Crippen LogP contribution in [-0.4, -0.2) is 31.1 Å². The minimum absolute atomic E-state index is 0.0793. The van der Waals surface area contributed by atoms with E-state index in [0.29, 0.717) is 23.4 Å². The van der Waals surface area contributed by atoms with E-state index < -0.39 is 0 Å². The lowest BCUT2D eigenvalue weighted by molar-refractivity contribution is 0.0858. The number of anilines is 1. The van der Waals surface area contributed by atoms with Gasteiger partial charge in [-0.15, -0.1) is 0 Å². The molecule has 3 rings (SSSR count). The molecule has 136 valence electrons. The summed E-state index contributed by atoms with van der Waals surface area (Å²) in [6, 6.07) is 12.8. The fraction of sp³-hybridized carbons (Fsp3) is 0.333. The molecule has 0 aromatic heterocycles. The summed E-state index contributed by atoms with van der Waals surface area (Å²) in [5.74, 6) is -0.428. The molecule has 2 amide bonds. The lowest BCUT2D eigenvalue weighted by Gasteiger charge is -2.14. The van der Waals surface area contributed by atoms with Crippen molar-refractivity contribution in [3.8, 4) is 0 Å². The predicted octanol–water partition coefficient (Wildman–Crippen LogP) is 3.46. The first kappa shape index (κ1) is 18.1. The summed E-state index contributed by atoms with van der Waals surface area (Å²) >= 11 is 0. The molecule has 1 heterocycles. The highest BCUT2D eigenvalue weighted by Gasteiger charge is 2.19. The van der Waals surface area contributed by atoms with Crippen LogP contribution in [0.1, 0.15) is 44.7 Å². The van der Waals surface area contributed by atoms with Gasteiger partial charge in [-0.1, -0.05) is 29.8 Å². The number of hydrogen-bond acceptors (Lipinski definition) is 3. The molecule has 0 aliphatic carbocycles. The molecule has 1 fully saturated rings. The van der Waals surface area contributed by atoms with Gasteiger partial charge < -0.3 is 15.4 Å². The zero-order valence-corrected chi connectivity index (χ0v) is 15.2. The standard InChI is InChI=1S/C21H24N2O3/c1-14-9-10-15(2)18(12-14)21(25)23-19-8-4-3-7-17(19)20(24)22-13-16-6-5-11-26-16/h3-4,7-10,12,16H,5-6,11,13H2,1-2H3,(H,22,24)(H,23,25)/t16-/m0/s1. The molecule has 2 aromatic carbocycles. The molecule has 0 unspecified atom stereocenters. The van der Waals surface area contributed by atoms with Crippen LogP contribution in [0.25, 0.3) is 0 Å². The van der Waals surface area contributed by atoms with Gasteiger partial charge in [0.05, 0.1) is 17.4 Å². The van der Waals surface area contributed by atoms with Crippen LogP contribution >= 0.6 is 0 Å². The Labute approximate surface area is 153 Å². The number of rotatable bonds is 5. The Bertz CT molecular complexity index is 811. The smallest absolute Gasteiger partial charge is 0.255 e. The summed E-state index contributed by atoms with van der Waals surface area (Å²) in [7, 11) is 0. The first-order valence-electron chi connectivity index (χ1n) is 8.92. The summed E-state index contributed by atoms with van der Waals surface area (Å²) in [6.07, 6.45) is 2.07. The highest BCUT2D eigenvalue weighted by molar-refractivity contribution is 6.09. The van der Waals surface area contributed by atoms with Crippen LogP contribution in [-0.2, 0) is 4.74 Å². The van der Waals surface area contributed by atoms with Crippen molar-refractivity contribution in [1.82, 2.24) is 5.32 Å². The van der Waals surface area contributed by atoms with Gasteiger partial charge in [0.25, 0.3) is 11.8 Å².